The van der Waals surface area contributed by atoms with E-state index >= 15 is 0 Å². The van der Waals surface area contributed by atoms with Crippen LogP contribution in [0.3, 0.4) is 0 Å². The average molecular weight is 532 g/mol. The zero-order chi connectivity index (χ0) is 27.6. The number of hydrogen-bond acceptors (Lipinski definition) is 7. The number of furan rings is 1. The number of benzene rings is 3. The lowest BCUT2D eigenvalue weighted by molar-refractivity contribution is -0.384. The number of non-ortho nitro benzene ring substituents is 1. The predicted molar refractivity (Wildman–Crippen MR) is 146 cm³/mol. The summed E-state index contributed by atoms with van der Waals surface area (Å²) in [5.41, 5.74) is 1.35. The van der Waals surface area contributed by atoms with Crippen molar-refractivity contribution in [3.63, 3.8) is 0 Å². The van der Waals surface area contributed by atoms with Crippen molar-refractivity contribution in [2.75, 3.05) is 10.2 Å². The van der Waals surface area contributed by atoms with Crippen LogP contribution in [0, 0.1) is 16.0 Å². The Morgan fingerprint density at radius 2 is 1.68 bits per heavy atom. The van der Waals surface area contributed by atoms with Crippen LogP contribution in [-0.2, 0) is 10.2 Å². The van der Waals surface area contributed by atoms with E-state index in [-0.39, 0.29) is 22.9 Å². The molecule has 196 valence electrons. The Balaban J connectivity index is 1.51. The number of carbonyl (C=O) groups excluding carboxylic acids is 3. The Morgan fingerprint density at radius 3 is 2.42 bits per heavy atom. The molecule has 3 aliphatic heterocycles. The van der Waals surface area contributed by atoms with Gasteiger partial charge in [-0.25, -0.2) is 0 Å². The normalized spacial score (nSPS) is 23.9. The van der Waals surface area contributed by atoms with Gasteiger partial charge in [0.15, 0.2) is 11.5 Å². The van der Waals surface area contributed by atoms with Crippen molar-refractivity contribution in [2.45, 2.75) is 17.5 Å². The number of para-hydroxylation sites is 2. The van der Waals surface area contributed by atoms with Gasteiger partial charge in [0.1, 0.15) is 11.5 Å². The molecule has 4 heterocycles. The number of rotatable bonds is 5. The summed E-state index contributed by atoms with van der Waals surface area (Å²) in [7, 11) is 0. The zero-order valence-corrected chi connectivity index (χ0v) is 20.9. The summed E-state index contributed by atoms with van der Waals surface area (Å²) in [5.74, 6) is -2.41. The quantitative estimate of drug-likeness (QED) is 0.217. The molecule has 1 saturated heterocycles. The molecule has 0 saturated carbocycles. The number of nitrogens with one attached hydrogen (secondary N) is 1. The minimum atomic E-state index is -1.45. The summed E-state index contributed by atoms with van der Waals surface area (Å²) >= 11 is 0. The lowest BCUT2D eigenvalue weighted by Gasteiger charge is -2.37. The largest absolute Gasteiger partial charge is 0.461 e. The SMILES string of the molecule is O=C(c1ccc([N+](=O)[O-])cc1)[C@@H]1[C@H](C(=O)c2ccco2)[C@@]2(C(=O)Nc3ccccc32)[C@@H]2C=Cc3ccccc3N12. The molecule has 1 spiro atoms. The number of Topliss-reactive ketones (excluding diaryl/α,β-unsaturated/α-hetero) is 2. The van der Waals surface area contributed by atoms with Gasteiger partial charge >= 0.3 is 0 Å². The minimum absolute atomic E-state index is 0.0418. The highest BCUT2D eigenvalue weighted by Gasteiger charge is 2.70. The van der Waals surface area contributed by atoms with Crippen LogP contribution in [-0.4, -0.2) is 34.5 Å². The van der Waals surface area contributed by atoms with Gasteiger partial charge in [-0.3, -0.25) is 24.5 Å². The average Bonchev–Trinajstić information content (AvgIpc) is 3.69. The molecular formula is C31H21N3O6. The molecule has 0 aliphatic carbocycles. The molecule has 0 unspecified atom stereocenters. The maximum absolute atomic E-state index is 14.5. The first kappa shape index (κ1) is 23.8. The second-order valence-electron chi connectivity index (χ2n) is 10.1. The number of hydrogen-bond donors (Lipinski definition) is 1. The number of anilines is 2. The summed E-state index contributed by atoms with van der Waals surface area (Å²) < 4.78 is 5.53. The molecule has 40 heavy (non-hydrogen) atoms. The molecule has 1 fully saturated rings. The third-order valence-corrected chi connectivity index (χ3v) is 8.22. The highest BCUT2D eigenvalue weighted by atomic mass is 16.6. The van der Waals surface area contributed by atoms with Gasteiger partial charge in [0.25, 0.3) is 5.69 Å². The smallest absolute Gasteiger partial charge is 0.269 e. The molecule has 0 radical (unpaired) electrons. The van der Waals surface area contributed by atoms with Crippen LogP contribution < -0.4 is 10.2 Å². The maximum Gasteiger partial charge on any atom is 0.269 e. The van der Waals surface area contributed by atoms with Crippen molar-refractivity contribution in [2.24, 2.45) is 5.92 Å². The number of nitro groups is 1. The summed E-state index contributed by atoms with van der Waals surface area (Å²) in [6, 6.07) is 21.4. The lowest BCUT2D eigenvalue weighted by Crippen LogP contribution is -2.51. The Bertz CT molecular complexity index is 1740. The number of amides is 1. The molecular weight excluding hydrogens is 510 g/mol. The summed E-state index contributed by atoms with van der Waals surface area (Å²) in [4.78, 5) is 55.7. The molecule has 3 aromatic carbocycles. The maximum atomic E-state index is 14.5. The monoisotopic (exact) mass is 531 g/mol. The number of fused-ring (bicyclic) bond motifs is 6. The van der Waals surface area contributed by atoms with Crippen LogP contribution in [0.25, 0.3) is 6.08 Å². The van der Waals surface area contributed by atoms with Crippen molar-refractivity contribution < 1.29 is 23.7 Å². The molecule has 7 rings (SSSR count). The van der Waals surface area contributed by atoms with Crippen molar-refractivity contribution in [1.29, 1.82) is 0 Å². The molecule has 1 aromatic heterocycles. The molecule has 4 aromatic rings. The van der Waals surface area contributed by atoms with Crippen LogP contribution in [0.1, 0.15) is 32.0 Å². The third kappa shape index (κ3) is 3.11. The second-order valence-corrected chi connectivity index (χ2v) is 10.1. The highest BCUT2D eigenvalue weighted by molar-refractivity contribution is 6.18. The predicted octanol–water partition coefficient (Wildman–Crippen LogP) is 5.04. The van der Waals surface area contributed by atoms with Gasteiger partial charge in [-0.1, -0.05) is 48.6 Å². The number of ketones is 2. The van der Waals surface area contributed by atoms with E-state index in [0.29, 0.717) is 16.9 Å². The molecule has 4 atom stereocenters. The summed E-state index contributed by atoms with van der Waals surface area (Å²) in [6.07, 6.45) is 5.18. The van der Waals surface area contributed by atoms with Gasteiger partial charge in [0.2, 0.25) is 11.7 Å². The zero-order valence-electron chi connectivity index (χ0n) is 20.9. The Labute approximate surface area is 227 Å². The third-order valence-electron chi connectivity index (χ3n) is 8.22. The molecule has 0 bridgehead atoms. The molecule has 1 N–H and O–H groups in total. The Morgan fingerprint density at radius 1 is 0.925 bits per heavy atom. The van der Waals surface area contributed by atoms with Gasteiger partial charge in [-0.05, 0) is 47.5 Å². The van der Waals surface area contributed by atoms with E-state index in [0.717, 1.165) is 5.56 Å². The standard InChI is InChI=1S/C31H21N3O6/c35-28(19-11-14-20(15-12-19)34(38)39)27-26(29(36)24-10-5-17-40-24)31(21-7-2-3-8-22(21)32-30(31)37)25-16-13-18-6-1-4-9-23(18)33(25)27/h1-17,25-27H,(H,32,37)/t25-,26+,27-,31-/m0/s1. The van der Waals surface area contributed by atoms with E-state index in [1.54, 1.807) is 18.2 Å². The minimum Gasteiger partial charge on any atom is -0.461 e. The van der Waals surface area contributed by atoms with Crippen molar-refractivity contribution in [1.82, 2.24) is 0 Å². The van der Waals surface area contributed by atoms with Crippen molar-refractivity contribution >= 4 is 40.6 Å². The van der Waals surface area contributed by atoms with Crippen LogP contribution in [0.4, 0.5) is 17.1 Å². The number of nitro benzene ring substituents is 1. The van der Waals surface area contributed by atoms with Crippen LogP contribution in [0.2, 0.25) is 0 Å². The van der Waals surface area contributed by atoms with E-state index in [4.69, 9.17) is 4.42 Å². The van der Waals surface area contributed by atoms with Crippen molar-refractivity contribution in [3.05, 3.63) is 130 Å². The van der Waals surface area contributed by atoms with E-state index in [2.05, 4.69) is 5.32 Å². The van der Waals surface area contributed by atoms with Crippen LogP contribution >= 0.6 is 0 Å². The fourth-order valence-corrected chi connectivity index (χ4v) is 6.61. The fraction of sp³-hybridized carbons (Fsp3) is 0.129. The van der Waals surface area contributed by atoms with E-state index in [9.17, 15) is 24.5 Å². The van der Waals surface area contributed by atoms with E-state index in [1.165, 1.54) is 36.6 Å². The van der Waals surface area contributed by atoms with Crippen molar-refractivity contribution in [3.8, 4) is 0 Å². The summed E-state index contributed by atoms with van der Waals surface area (Å²) in [5, 5.41) is 14.2. The van der Waals surface area contributed by atoms with E-state index in [1.807, 2.05) is 53.5 Å². The van der Waals surface area contributed by atoms with Crippen LogP contribution in [0.5, 0.6) is 0 Å². The molecule has 1 amide bonds. The fourth-order valence-electron chi connectivity index (χ4n) is 6.61. The molecule has 9 heteroatoms. The van der Waals surface area contributed by atoms with Gasteiger partial charge in [-0.15, -0.1) is 0 Å². The number of nitrogens with zero attached hydrogens (tertiary/aromatic N) is 2. The summed E-state index contributed by atoms with van der Waals surface area (Å²) in [6.45, 7) is 0. The van der Waals surface area contributed by atoms with Gasteiger partial charge in [0.05, 0.1) is 23.1 Å². The molecule has 9 nitrogen and oxygen atoms in total. The number of carbonyl (C=O) groups is 3. The van der Waals surface area contributed by atoms with Crippen LogP contribution in [0.15, 0.2) is 102 Å². The first-order chi connectivity index (χ1) is 19.4. The first-order valence-electron chi connectivity index (χ1n) is 12.8. The second kappa shape index (κ2) is 8.60. The topological polar surface area (TPSA) is 123 Å². The lowest BCUT2D eigenvalue weighted by atomic mass is 9.64. The Kier molecular flexibility index (Phi) is 5.11. The highest BCUT2D eigenvalue weighted by Crippen LogP contribution is 2.58. The molecule has 3 aliphatic rings. The van der Waals surface area contributed by atoms with Gasteiger partial charge in [0, 0.05) is 29.1 Å². The van der Waals surface area contributed by atoms with Gasteiger partial charge in [-0.2, -0.15) is 0 Å². The van der Waals surface area contributed by atoms with Gasteiger partial charge < -0.3 is 14.6 Å². The van der Waals surface area contributed by atoms with E-state index < -0.39 is 39.9 Å². The Hall–Kier alpha value is -5.31. The first-order valence-corrected chi connectivity index (χ1v) is 12.8.